The molecule has 0 spiro atoms. The summed E-state index contributed by atoms with van der Waals surface area (Å²) >= 11 is 6.44. The Morgan fingerprint density at radius 1 is 1.00 bits per heavy atom. The van der Waals surface area contributed by atoms with Gasteiger partial charge in [0.1, 0.15) is 0 Å². The van der Waals surface area contributed by atoms with Gasteiger partial charge in [-0.2, -0.15) is 0 Å². The Kier molecular flexibility index (Phi) is 17.9. The third kappa shape index (κ3) is 22.4. The van der Waals surface area contributed by atoms with Gasteiger partial charge in [0, 0.05) is 30.7 Å². The first-order chi connectivity index (χ1) is 5.73. The van der Waals surface area contributed by atoms with Crippen LogP contribution in [-0.2, 0) is 4.57 Å². The zero-order valence-electron chi connectivity index (χ0n) is 6.47. The normalized spacial score (nSPS) is 14.7. The zero-order valence-corrected chi connectivity index (χ0v) is 9.16. The molecule has 74 valence electrons. The van der Waals surface area contributed by atoms with E-state index in [-0.39, 0.29) is 0 Å². The smallest absolute Gasteiger partial charge is 0.314 e. The number of thiol groups is 2. The number of rotatable bonds is 0. The van der Waals surface area contributed by atoms with E-state index in [4.69, 9.17) is 14.4 Å². The van der Waals surface area contributed by atoms with E-state index >= 15 is 0 Å². The molecule has 0 atom stereocenters. The Morgan fingerprint density at radius 3 is 1.25 bits per heavy atom. The maximum Gasteiger partial charge on any atom is 0.692 e. The molecule has 1 rings (SSSR count). The fourth-order valence-corrected chi connectivity index (χ4v) is 0.604. The minimum absolute atomic E-state index is 1.14. The Bertz CT molecular complexity index is 88.8. The highest BCUT2D eigenvalue weighted by molar-refractivity contribution is 8.59. The molecule has 0 aromatic rings. The van der Waals surface area contributed by atoms with E-state index in [0.717, 1.165) is 26.2 Å². The van der Waals surface area contributed by atoms with E-state index < -0.39 is 8.25 Å². The van der Waals surface area contributed by atoms with Gasteiger partial charge < -0.3 is 10.6 Å². The van der Waals surface area contributed by atoms with Crippen LogP contribution in [0.5, 0.6) is 0 Å². The number of hydrogen-bond acceptors (Lipinski definition) is 5. The van der Waals surface area contributed by atoms with Gasteiger partial charge in [-0.1, -0.05) is 0 Å². The van der Waals surface area contributed by atoms with Gasteiger partial charge in [-0.25, -0.2) is 0 Å². The summed E-state index contributed by atoms with van der Waals surface area (Å²) in [5.74, 6) is 0. The van der Waals surface area contributed by atoms with Crippen LogP contribution in [0.1, 0.15) is 0 Å². The second kappa shape index (κ2) is 14.2. The molecule has 0 aromatic heterocycles. The predicted molar refractivity (Wildman–Crippen MR) is 55.8 cm³/mol. The second-order valence-corrected chi connectivity index (χ2v) is 2.26. The van der Waals surface area contributed by atoms with Crippen molar-refractivity contribution in [2.45, 2.75) is 0 Å². The van der Waals surface area contributed by atoms with E-state index in [2.05, 4.69) is 34.0 Å². The molecular weight excluding hydrogens is 219 g/mol. The first kappa shape index (κ1) is 15.1. The minimum Gasteiger partial charge on any atom is -0.314 e. The monoisotopic (exact) mass is 233 g/mol. The number of piperazine rings is 1. The molecule has 0 unspecified atom stereocenters. The van der Waals surface area contributed by atoms with Crippen LogP contribution >= 0.6 is 31.6 Å². The van der Waals surface area contributed by atoms with Crippen molar-refractivity contribution < 1.29 is 14.4 Å². The van der Waals surface area contributed by atoms with Gasteiger partial charge in [0.15, 0.2) is 0 Å². The summed E-state index contributed by atoms with van der Waals surface area (Å²) in [4.78, 5) is 14.2. The summed E-state index contributed by atoms with van der Waals surface area (Å²) in [5.41, 5.74) is 0. The van der Waals surface area contributed by atoms with Gasteiger partial charge in [-0.15, -0.1) is 33.1 Å². The van der Waals surface area contributed by atoms with Crippen LogP contribution in [0.2, 0.25) is 0 Å². The molecule has 12 heavy (non-hydrogen) atoms. The summed E-state index contributed by atoms with van der Waals surface area (Å²) in [6, 6.07) is 0. The first-order valence-corrected chi connectivity index (χ1v) is 5.96. The second-order valence-electron chi connectivity index (χ2n) is 1.75. The van der Waals surface area contributed by atoms with Gasteiger partial charge in [-0.05, 0) is 0 Å². The van der Waals surface area contributed by atoms with Gasteiger partial charge in [-0.3, -0.25) is 0 Å². The summed E-state index contributed by atoms with van der Waals surface area (Å²) in [7, 11) is -2.87. The number of hydrogen-bond donors (Lipinski definition) is 6. The molecule has 0 radical (unpaired) electrons. The van der Waals surface area contributed by atoms with E-state index in [0.29, 0.717) is 0 Å². The predicted octanol–water partition coefficient (Wildman–Crippen LogP) is -0.431. The Morgan fingerprint density at radius 2 is 1.17 bits per heavy atom. The van der Waals surface area contributed by atoms with Crippen molar-refractivity contribution in [3.05, 3.63) is 0 Å². The summed E-state index contributed by atoms with van der Waals surface area (Å²) in [6.07, 6.45) is 0. The average molecular weight is 233 g/mol. The molecule has 8 heteroatoms. The van der Waals surface area contributed by atoms with Gasteiger partial charge in [0.25, 0.3) is 0 Å². The molecule has 0 aliphatic carbocycles. The summed E-state index contributed by atoms with van der Waals surface area (Å²) < 4.78 is 8.70. The van der Waals surface area contributed by atoms with Crippen LogP contribution in [0.4, 0.5) is 0 Å². The molecule has 1 saturated heterocycles. The van der Waals surface area contributed by atoms with Crippen molar-refractivity contribution in [2.75, 3.05) is 26.2 Å². The van der Waals surface area contributed by atoms with Gasteiger partial charge in [0.2, 0.25) is 0 Å². The van der Waals surface area contributed by atoms with Gasteiger partial charge in [0.05, 0.1) is 0 Å². The third-order valence-electron chi connectivity index (χ3n) is 0.957. The van der Waals surface area contributed by atoms with Crippen LogP contribution in [-0.4, -0.2) is 36.0 Å². The van der Waals surface area contributed by atoms with E-state index in [1.165, 1.54) is 0 Å². The topological polar surface area (TPSA) is 81.6 Å². The molecule has 4 N–H and O–H groups in total. The molecule has 0 bridgehead atoms. The molecule has 1 fully saturated rings. The molecule has 1 aliphatic heterocycles. The standard InChI is InChI=1S/C4H10N2.HO3P.H2S2/c1-2-6-4-3-5-1;1-4(2)3;1-2/h5-6H,1-4H2;(H-,1,2,3);1-2H/p+1. The lowest BCUT2D eigenvalue weighted by Gasteiger charge is -2.11. The van der Waals surface area contributed by atoms with Gasteiger partial charge >= 0.3 is 8.25 Å². The number of nitrogens with one attached hydrogen (secondary N) is 2. The van der Waals surface area contributed by atoms with Crippen molar-refractivity contribution in [3.8, 4) is 0 Å². The van der Waals surface area contributed by atoms with Crippen LogP contribution in [0.25, 0.3) is 0 Å². The van der Waals surface area contributed by atoms with Crippen LogP contribution in [0.3, 0.4) is 0 Å². The van der Waals surface area contributed by atoms with Crippen LogP contribution in [0, 0.1) is 0 Å². The lowest BCUT2D eigenvalue weighted by Crippen LogP contribution is -2.39. The largest absolute Gasteiger partial charge is 0.692 e. The molecular formula is C4H14N2O3PS2+. The lowest BCUT2D eigenvalue weighted by molar-refractivity contribution is 0.405. The first-order valence-electron chi connectivity index (χ1n) is 3.20. The zero-order chi connectivity index (χ0) is 9.82. The Hall–Kier alpha value is 0.640. The lowest BCUT2D eigenvalue weighted by atomic mass is 10.4. The molecule has 5 nitrogen and oxygen atoms in total. The molecule has 0 amide bonds. The van der Waals surface area contributed by atoms with Crippen LogP contribution in [0.15, 0.2) is 0 Å². The molecule has 0 saturated carbocycles. The van der Waals surface area contributed by atoms with Crippen molar-refractivity contribution in [1.82, 2.24) is 10.6 Å². The quantitative estimate of drug-likeness (QED) is 0.194. The Labute approximate surface area is 83.1 Å². The Balaban J connectivity index is 0. The molecule has 1 aliphatic rings. The highest BCUT2D eigenvalue weighted by Crippen LogP contribution is 1.98. The molecule has 0 aromatic carbocycles. The van der Waals surface area contributed by atoms with Crippen molar-refractivity contribution >= 4 is 31.6 Å². The fourth-order valence-electron chi connectivity index (χ4n) is 0.604. The van der Waals surface area contributed by atoms with Crippen LogP contribution < -0.4 is 10.6 Å². The highest BCUT2D eigenvalue weighted by Gasteiger charge is 1.93. The minimum atomic E-state index is -2.87. The van der Waals surface area contributed by atoms with Crippen molar-refractivity contribution in [3.63, 3.8) is 0 Å². The fraction of sp³-hybridized carbons (Fsp3) is 1.00. The van der Waals surface area contributed by atoms with E-state index in [9.17, 15) is 0 Å². The summed E-state index contributed by atoms with van der Waals surface area (Å²) in [5, 5.41) is 6.44. The maximum atomic E-state index is 8.70. The average Bonchev–Trinajstić information content (AvgIpc) is 2.10. The third-order valence-corrected chi connectivity index (χ3v) is 0.957. The molecule has 1 heterocycles. The SMILES string of the molecule is C1CNCCN1.O=[P+](O)O.SS. The van der Waals surface area contributed by atoms with E-state index in [1.807, 2.05) is 0 Å². The van der Waals surface area contributed by atoms with Crippen molar-refractivity contribution in [2.24, 2.45) is 0 Å². The summed E-state index contributed by atoms with van der Waals surface area (Å²) in [6.45, 7) is 4.56. The highest BCUT2D eigenvalue weighted by atomic mass is 33.1. The van der Waals surface area contributed by atoms with E-state index in [1.54, 1.807) is 0 Å². The van der Waals surface area contributed by atoms with Crippen molar-refractivity contribution in [1.29, 1.82) is 0 Å². The maximum absolute atomic E-state index is 8.70.